The Morgan fingerprint density at radius 2 is 2.05 bits per heavy atom. The Labute approximate surface area is 108 Å². The van der Waals surface area contributed by atoms with Crippen molar-refractivity contribution >= 4 is 11.7 Å². The maximum atomic E-state index is 13.4. The second-order valence-corrected chi connectivity index (χ2v) is 4.44. The highest BCUT2D eigenvalue weighted by atomic mass is 19.1. The lowest BCUT2D eigenvalue weighted by atomic mass is 10.1. The lowest BCUT2D eigenvalue weighted by Gasteiger charge is -2.03. The van der Waals surface area contributed by atoms with Crippen LogP contribution in [-0.4, -0.2) is 16.1 Å². The first-order valence-electron chi connectivity index (χ1n) is 5.79. The monoisotopic (exact) mass is 265 g/mol. The summed E-state index contributed by atoms with van der Waals surface area (Å²) in [4.78, 5) is 11.8. The van der Waals surface area contributed by atoms with Crippen LogP contribution in [0.1, 0.15) is 35.8 Å². The number of carbonyl (C=O) groups excluding carboxylic acids is 1. The fourth-order valence-electron chi connectivity index (χ4n) is 1.55. The first-order chi connectivity index (χ1) is 8.97. The molecule has 100 valence electrons. The van der Waals surface area contributed by atoms with Gasteiger partial charge in [-0.1, -0.05) is 13.8 Å². The molecule has 2 aromatic rings. The number of aromatic nitrogens is 2. The Balaban J connectivity index is 2.16. The third-order valence-electron chi connectivity index (χ3n) is 2.64. The van der Waals surface area contributed by atoms with Gasteiger partial charge in [0.15, 0.2) is 5.82 Å². The molecule has 0 atom stereocenters. The predicted octanol–water partition coefficient (Wildman–Crippen LogP) is 3.06. The van der Waals surface area contributed by atoms with E-state index in [0.717, 1.165) is 17.8 Å². The van der Waals surface area contributed by atoms with Gasteiger partial charge in [0, 0.05) is 17.8 Å². The summed E-state index contributed by atoms with van der Waals surface area (Å²) >= 11 is 0. The highest BCUT2D eigenvalue weighted by Crippen LogP contribution is 2.16. The minimum Gasteiger partial charge on any atom is -0.305 e. The summed E-state index contributed by atoms with van der Waals surface area (Å²) in [5.41, 5.74) is 0.630. The molecule has 0 aliphatic rings. The van der Waals surface area contributed by atoms with Crippen molar-refractivity contribution in [1.29, 1.82) is 0 Å². The lowest BCUT2D eigenvalue weighted by molar-refractivity contribution is 0.102. The van der Waals surface area contributed by atoms with E-state index < -0.39 is 17.5 Å². The molecule has 0 unspecified atom stereocenters. The zero-order valence-corrected chi connectivity index (χ0v) is 10.5. The first-order valence-corrected chi connectivity index (χ1v) is 5.79. The van der Waals surface area contributed by atoms with E-state index in [2.05, 4.69) is 15.5 Å². The summed E-state index contributed by atoms with van der Waals surface area (Å²) in [6.07, 6.45) is 0. The van der Waals surface area contributed by atoms with E-state index in [1.54, 1.807) is 6.07 Å². The van der Waals surface area contributed by atoms with Crippen molar-refractivity contribution in [3.05, 3.63) is 47.2 Å². The number of benzene rings is 1. The van der Waals surface area contributed by atoms with Gasteiger partial charge < -0.3 is 5.32 Å². The van der Waals surface area contributed by atoms with E-state index in [0.29, 0.717) is 11.9 Å². The highest BCUT2D eigenvalue weighted by Gasteiger charge is 2.14. The molecule has 1 aromatic heterocycles. The van der Waals surface area contributed by atoms with Crippen LogP contribution >= 0.6 is 0 Å². The molecule has 1 heterocycles. The minimum atomic E-state index is -0.905. The zero-order valence-electron chi connectivity index (χ0n) is 10.5. The van der Waals surface area contributed by atoms with Gasteiger partial charge in [0.2, 0.25) is 0 Å². The van der Waals surface area contributed by atoms with E-state index in [1.165, 1.54) is 0 Å². The molecule has 0 radical (unpaired) electrons. The number of nitrogens with one attached hydrogen (secondary N) is 2. The van der Waals surface area contributed by atoms with E-state index in [4.69, 9.17) is 0 Å². The smallest absolute Gasteiger partial charge is 0.259 e. The van der Waals surface area contributed by atoms with Gasteiger partial charge in [-0.15, -0.1) is 0 Å². The van der Waals surface area contributed by atoms with Gasteiger partial charge in [-0.3, -0.25) is 9.89 Å². The van der Waals surface area contributed by atoms with Gasteiger partial charge in [-0.2, -0.15) is 5.10 Å². The van der Waals surface area contributed by atoms with E-state index in [1.807, 2.05) is 13.8 Å². The van der Waals surface area contributed by atoms with Crippen LogP contribution in [0.25, 0.3) is 0 Å². The Hall–Kier alpha value is -2.24. The number of halogens is 2. The molecule has 4 nitrogen and oxygen atoms in total. The highest BCUT2D eigenvalue weighted by molar-refractivity contribution is 6.03. The predicted molar refractivity (Wildman–Crippen MR) is 67.0 cm³/mol. The minimum absolute atomic E-state index is 0.226. The number of aromatic amines is 1. The normalized spacial score (nSPS) is 10.8. The van der Waals surface area contributed by atoms with Crippen molar-refractivity contribution in [2.45, 2.75) is 19.8 Å². The van der Waals surface area contributed by atoms with Crippen LogP contribution in [-0.2, 0) is 0 Å². The zero-order chi connectivity index (χ0) is 14.0. The van der Waals surface area contributed by atoms with Gasteiger partial charge in [0.25, 0.3) is 5.91 Å². The summed E-state index contributed by atoms with van der Waals surface area (Å²) in [5.74, 6) is -1.76. The molecule has 0 fully saturated rings. The molecular formula is C13H13F2N3O. The average Bonchev–Trinajstić information content (AvgIpc) is 2.77. The van der Waals surface area contributed by atoms with Crippen molar-refractivity contribution in [3.8, 4) is 0 Å². The first kappa shape index (κ1) is 13.2. The summed E-state index contributed by atoms with van der Waals surface area (Å²) in [5, 5.41) is 9.11. The van der Waals surface area contributed by atoms with Crippen LogP contribution in [0.5, 0.6) is 0 Å². The van der Waals surface area contributed by atoms with Crippen molar-refractivity contribution < 1.29 is 13.6 Å². The van der Waals surface area contributed by atoms with Crippen LogP contribution < -0.4 is 5.32 Å². The Morgan fingerprint density at radius 1 is 1.32 bits per heavy atom. The van der Waals surface area contributed by atoms with Crippen molar-refractivity contribution in [2.75, 3.05) is 5.32 Å². The molecule has 0 aliphatic heterocycles. The van der Waals surface area contributed by atoms with Crippen LogP contribution in [0.3, 0.4) is 0 Å². The number of carbonyl (C=O) groups is 1. The average molecular weight is 265 g/mol. The fraction of sp³-hybridized carbons (Fsp3) is 0.231. The third kappa shape index (κ3) is 2.96. The number of hydrogen-bond acceptors (Lipinski definition) is 2. The van der Waals surface area contributed by atoms with Crippen LogP contribution in [0.4, 0.5) is 14.6 Å². The maximum Gasteiger partial charge on any atom is 0.259 e. The van der Waals surface area contributed by atoms with Crippen molar-refractivity contribution in [1.82, 2.24) is 10.2 Å². The van der Waals surface area contributed by atoms with Gasteiger partial charge >= 0.3 is 0 Å². The quantitative estimate of drug-likeness (QED) is 0.896. The Morgan fingerprint density at radius 3 is 2.63 bits per heavy atom. The lowest BCUT2D eigenvalue weighted by Crippen LogP contribution is -2.14. The molecular weight excluding hydrogens is 252 g/mol. The molecule has 2 rings (SSSR count). The van der Waals surface area contributed by atoms with Gasteiger partial charge in [0.05, 0.1) is 5.56 Å². The Kier molecular flexibility index (Phi) is 3.59. The standard InChI is InChI=1S/C13H13F2N3O/c1-7(2)11-6-12(18-17-11)16-13(19)9-4-3-8(14)5-10(9)15/h3-7H,1-2H3,(H2,16,17,18,19). The maximum absolute atomic E-state index is 13.4. The van der Waals surface area contributed by atoms with E-state index >= 15 is 0 Å². The molecule has 1 aromatic carbocycles. The van der Waals surface area contributed by atoms with Crippen molar-refractivity contribution in [3.63, 3.8) is 0 Å². The molecule has 1 amide bonds. The molecule has 0 bridgehead atoms. The molecule has 0 aliphatic carbocycles. The summed E-state index contributed by atoms with van der Waals surface area (Å²) in [6.45, 7) is 3.94. The number of nitrogens with zero attached hydrogens (tertiary/aromatic N) is 1. The second-order valence-electron chi connectivity index (χ2n) is 4.44. The van der Waals surface area contributed by atoms with Gasteiger partial charge in [0.1, 0.15) is 11.6 Å². The van der Waals surface area contributed by atoms with Crippen LogP contribution in [0, 0.1) is 11.6 Å². The molecule has 6 heteroatoms. The molecule has 0 saturated heterocycles. The number of rotatable bonds is 3. The SMILES string of the molecule is CC(C)c1cc(NC(=O)c2ccc(F)cc2F)n[nH]1. The summed E-state index contributed by atoms with van der Waals surface area (Å²) in [6, 6.07) is 4.46. The second kappa shape index (κ2) is 5.17. The Bertz CT molecular complexity index is 608. The van der Waals surface area contributed by atoms with Gasteiger partial charge in [-0.25, -0.2) is 8.78 Å². The summed E-state index contributed by atoms with van der Waals surface area (Å²) in [7, 11) is 0. The number of anilines is 1. The van der Waals surface area contributed by atoms with Gasteiger partial charge in [-0.05, 0) is 18.1 Å². The van der Waals surface area contributed by atoms with Crippen LogP contribution in [0.15, 0.2) is 24.3 Å². The number of hydrogen-bond donors (Lipinski definition) is 2. The summed E-state index contributed by atoms with van der Waals surface area (Å²) < 4.78 is 26.1. The molecule has 19 heavy (non-hydrogen) atoms. The number of amides is 1. The van der Waals surface area contributed by atoms with E-state index in [9.17, 15) is 13.6 Å². The molecule has 0 saturated carbocycles. The van der Waals surface area contributed by atoms with Crippen molar-refractivity contribution in [2.24, 2.45) is 0 Å². The van der Waals surface area contributed by atoms with Crippen LogP contribution in [0.2, 0.25) is 0 Å². The largest absolute Gasteiger partial charge is 0.305 e. The fourth-order valence-corrected chi connectivity index (χ4v) is 1.55. The third-order valence-corrected chi connectivity index (χ3v) is 2.64. The topological polar surface area (TPSA) is 57.8 Å². The molecule has 0 spiro atoms. The number of H-pyrrole nitrogens is 1. The van der Waals surface area contributed by atoms with E-state index in [-0.39, 0.29) is 11.5 Å². The molecule has 2 N–H and O–H groups in total.